The molecule has 3 aromatic heterocycles. The monoisotopic (exact) mass is 515 g/mol. The van der Waals surface area contributed by atoms with Crippen LogP contribution in [0.1, 0.15) is 61.5 Å². The van der Waals surface area contributed by atoms with Gasteiger partial charge < -0.3 is 14.8 Å². The standard InChI is InChI=1S/C28H33N7O3/c1-16-29-18(3)35(33-16)23-9-7-8-21(27(23)37-4)32-22-14-20(15-24(36)19-11-12-19)31-28-26(22)30-17(2)34(28)25-10-5-6-13-38-25/h7-9,14,19,25H,5-6,10-13,15H2,1-4H3,(H,31,32). The molecule has 1 atom stereocenters. The number of nitrogens with one attached hydrogen (secondary N) is 1. The van der Waals surface area contributed by atoms with E-state index in [-0.39, 0.29) is 17.9 Å². The van der Waals surface area contributed by atoms with Gasteiger partial charge in [0.2, 0.25) is 0 Å². The van der Waals surface area contributed by atoms with Crippen LogP contribution in [-0.4, -0.2) is 48.8 Å². The molecule has 4 aromatic rings. The van der Waals surface area contributed by atoms with Crippen molar-refractivity contribution in [2.45, 2.75) is 65.5 Å². The highest BCUT2D eigenvalue weighted by molar-refractivity contribution is 5.92. The zero-order chi connectivity index (χ0) is 26.4. The van der Waals surface area contributed by atoms with Crippen molar-refractivity contribution in [3.8, 4) is 11.4 Å². The minimum Gasteiger partial charge on any atom is -0.492 e. The number of aromatic nitrogens is 6. The van der Waals surface area contributed by atoms with Gasteiger partial charge in [0.1, 0.15) is 40.7 Å². The molecule has 1 saturated carbocycles. The first-order chi connectivity index (χ1) is 18.4. The zero-order valence-electron chi connectivity index (χ0n) is 22.3. The van der Waals surface area contributed by atoms with Crippen molar-refractivity contribution in [1.29, 1.82) is 0 Å². The summed E-state index contributed by atoms with van der Waals surface area (Å²) in [6.45, 7) is 6.48. The molecule has 0 amide bonds. The minimum atomic E-state index is -0.111. The van der Waals surface area contributed by atoms with Crippen LogP contribution in [0.4, 0.5) is 11.4 Å². The molecule has 0 spiro atoms. The lowest BCUT2D eigenvalue weighted by molar-refractivity contribution is -0.119. The molecule has 0 bridgehead atoms. The summed E-state index contributed by atoms with van der Waals surface area (Å²) in [6.07, 6.45) is 5.22. The molecule has 4 heterocycles. The van der Waals surface area contributed by atoms with E-state index in [9.17, 15) is 4.79 Å². The van der Waals surface area contributed by atoms with E-state index in [1.807, 2.05) is 45.0 Å². The topological polar surface area (TPSA) is 109 Å². The Bertz CT molecular complexity index is 1510. The van der Waals surface area contributed by atoms with Crippen LogP contribution < -0.4 is 10.1 Å². The number of imidazole rings is 1. The van der Waals surface area contributed by atoms with Gasteiger partial charge in [-0.2, -0.15) is 5.10 Å². The number of para-hydroxylation sites is 1. The van der Waals surface area contributed by atoms with Gasteiger partial charge in [-0.3, -0.25) is 9.36 Å². The summed E-state index contributed by atoms with van der Waals surface area (Å²) in [5.41, 5.74) is 4.50. The molecule has 38 heavy (non-hydrogen) atoms. The zero-order valence-corrected chi connectivity index (χ0v) is 22.3. The quantitative estimate of drug-likeness (QED) is 0.353. The smallest absolute Gasteiger partial charge is 0.168 e. The van der Waals surface area contributed by atoms with E-state index in [1.165, 1.54) is 0 Å². The Kier molecular flexibility index (Phi) is 6.35. The molecule has 2 fully saturated rings. The van der Waals surface area contributed by atoms with Crippen molar-refractivity contribution in [1.82, 2.24) is 29.3 Å². The summed E-state index contributed by atoms with van der Waals surface area (Å²) in [5, 5.41) is 8.09. The fraction of sp³-hybridized carbons (Fsp3) is 0.464. The second-order valence-corrected chi connectivity index (χ2v) is 10.2. The molecular formula is C28H33N7O3. The van der Waals surface area contributed by atoms with Crippen LogP contribution in [0, 0.1) is 26.7 Å². The number of carbonyl (C=O) groups is 1. The molecule has 1 saturated heterocycles. The van der Waals surface area contributed by atoms with Gasteiger partial charge in [0.05, 0.1) is 24.2 Å². The number of Topliss-reactive ketones (excluding diaryl/α,β-unsaturated/α-hetero) is 1. The summed E-state index contributed by atoms with van der Waals surface area (Å²) in [4.78, 5) is 27.1. The number of ether oxygens (including phenoxy) is 2. The summed E-state index contributed by atoms with van der Waals surface area (Å²) in [5.74, 6) is 3.34. The Morgan fingerprint density at radius 3 is 2.61 bits per heavy atom. The third kappa shape index (κ3) is 4.53. The van der Waals surface area contributed by atoms with Crippen molar-refractivity contribution in [3.63, 3.8) is 0 Å². The van der Waals surface area contributed by atoms with E-state index < -0.39 is 0 Å². The third-order valence-corrected chi connectivity index (χ3v) is 7.28. The third-order valence-electron chi connectivity index (χ3n) is 7.28. The molecule has 1 aliphatic carbocycles. The Morgan fingerprint density at radius 2 is 1.92 bits per heavy atom. The molecule has 10 heteroatoms. The summed E-state index contributed by atoms with van der Waals surface area (Å²) in [6, 6.07) is 7.80. The van der Waals surface area contributed by atoms with E-state index in [0.29, 0.717) is 18.0 Å². The summed E-state index contributed by atoms with van der Waals surface area (Å²) in [7, 11) is 1.64. The van der Waals surface area contributed by atoms with Crippen LogP contribution >= 0.6 is 0 Å². The second kappa shape index (κ2) is 9.83. The number of hydrogen-bond acceptors (Lipinski definition) is 8. The van der Waals surface area contributed by atoms with Gasteiger partial charge in [-0.05, 0) is 71.1 Å². The highest BCUT2D eigenvalue weighted by Gasteiger charge is 2.30. The number of hydrogen-bond donors (Lipinski definition) is 1. The van der Waals surface area contributed by atoms with Crippen LogP contribution in [0.3, 0.4) is 0 Å². The van der Waals surface area contributed by atoms with Crippen LogP contribution in [0.15, 0.2) is 24.3 Å². The molecule has 1 N–H and O–H groups in total. The SMILES string of the molecule is COc1c(Nc2cc(CC(=O)C3CC3)nc3c2nc(C)n3C2CCCCO2)cccc1-n1nc(C)nc1C. The summed E-state index contributed by atoms with van der Waals surface area (Å²) < 4.78 is 15.8. The van der Waals surface area contributed by atoms with Crippen LogP contribution in [0.25, 0.3) is 16.9 Å². The number of carbonyl (C=O) groups excluding carboxylic acids is 1. The average molecular weight is 516 g/mol. The first kappa shape index (κ1) is 24.5. The number of ketones is 1. The fourth-order valence-electron chi connectivity index (χ4n) is 5.31. The number of methoxy groups -OCH3 is 1. The maximum Gasteiger partial charge on any atom is 0.168 e. The van der Waals surface area contributed by atoms with Gasteiger partial charge in [0.25, 0.3) is 0 Å². The van der Waals surface area contributed by atoms with Crippen molar-refractivity contribution >= 4 is 28.3 Å². The molecule has 6 rings (SSSR count). The first-order valence-electron chi connectivity index (χ1n) is 13.3. The maximum absolute atomic E-state index is 12.8. The van der Waals surface area contributed by atoms with Gasteiger partial charge in [-0.1, -0.05) is 6.07 Å². The molecule has 198 valence electrons. The number of fused-ring (bicyclic) bond motifs is 1. The van der Waals surface area contributed by atoms with Crippen molar-refractivity contribution < 1.29 is 14.3 Å². The van der Waals surface area contributed by atoms with Gasteiger partial charge >= 0.3 is 0 Å². The lowest BCUT2D eigenvalue weighted by Gasteiger charge is -2.25. The van der Waals surface area contributed by atoms with Gasteiger partial charge in [0, 0.05) is 18.9 Å². The Hall–Kier alpha value is -3.79. The Labute approximate surface area is 221 Å². The first-order valence-corrected chi connectivity index (χ1v) is 13.3. The molecule has 1 unspecified atom stereocenters. The van der Waals surface area contributed by atoms with E-state index in [4.69, 9.17) is 19.4 Å². The predicted molar refractivity (Wildman–Crippen MR) is 143 cm³/mol. The molecule has 1 aliphatic heterocycles. The maximum atomic E-state index is 12.8. The highest BCUT2D eigenvalue weighted by Crippen LogP contribution is 2.38. The molecule has 2 aliphatic rings. The second-order valence-electron chi connectivity index (χ2n) is 10.2. The van der Waals surface area contributed by atoms with Gasteiger partial charge in [-0.15, -0.1) is 0 Å². The van der Waals surface area contributed by atoms with Gasteiger partial charge in [-0.25, -0.2) is 19.6 Å². The van der Waals surface area contributed by atoms with Crippen LogP contribution in [0.5, 0.6) is 5.75 Å². The van der Waals surface area contributed by atoms with E-state index >= 15 is 0 Å². The van der Waals surface area contributed by atoms with Crippen molar-refractivity contribution in [2.24, 2.45) is 5.92 Å². The number of nitrogens with zero attached hydrogens (tertiary/aromatic N) is 6. The Balaban J connectivity index is 1.46. The Morgan fingerprint density at radius 1 is 1.08 bits per heavy atom. The predicted octanol–water partition coefficient (Wildman–Crippen LogP) is 4.91. The average Bonchev–Trinajstić information content (AvgIpc) is 3.63. The fourth-order valence-corrected chi connectivity index (χ4v) is 5.31. The van der Waals surface area contributed by atoms with Crippen LogP contribution in [-0.2, 0) is 16.0 Å². The minimum absolute atomic E-state index is 0.111. The number of anilines is 2. The number of benzene rings is 1. The van der Waals surface area contributed by atoms with Crippen LogP contribution in [0.2, 0.25) is 0 Å². The molecule has 1 aromatic carbocycles. The molecule has 0 radical (unpaired) electrons. The van der Waals surface area contributed by atoms with E-state index in [2.05, 4.69) is 20.0 Å². The molecular weight excluding hydrogens is 482 g/mol. The number of aryl methyl sites for hydroxylation is 3. The van der Waals surface area contributed by atoms with E-state index in [1.54, 1.807) is 11.8 Å². The molecule has 10 nitrogen and oxygen atoms in total. The summed E-state index contributed by atoms with van der Waals surface area (Å²) >= 11 is 0. The number of rotatable bonds is 8. The lowest BCUT2D eigenvalue weighted by Crippen LogP contribution is -2.19. The highest BCUT2D eigenvalue weighted by atomic mass is 16.5. The lowest BCUT2D eigenvalue weighted by atomic mass is 10.1. The van der Waals surface area contributed by atoms with Crippen molar-refractivity contribution in [2.75, 3.05) is 19.0 Å². The largest absolute Gasteiger partial charge is 0.492 e. The number of pyridine rings is 1. The van der Waals surface area contributed by atoms with E-state index in [0.717, 1.165) is 84.3 Å². The normalized spacial score (nSPS) is 17.6. The van der Waals surface area contributed by atoms with Crippen molar-refractivity contribution in [3.05, 3.63) is 47.4 Å². The van der Waals surface area contributed by atoms with Gasteiger partial charge in [0.15, 0.2) is 11.4 Å².